The summed E-state index contributed by atoms with van der Waals surface area (Å²) >= 11 is 0. The molecule has 138 valence electrons. The quantitative estimate of drug-likeness (QED) is 0.720. The van der Waals surface area contributed by atoms with Gasteiger partial charge in [0.1, 0.15) is 0 Å². The maximum absolute atomic E-state index is 12.3. The minimum Gasteiger partial charge on any atom is -0.342 e. The minimum atomic E-state index is -3.26. The Kier molecular flexibility index (Phi) is 6.62. The van der Waals surface area contributed by atoms with Gasteiger partial charge in [-0.2, -0.15) is 0 Å². The number of nitrogens with zero attached hydrogens (tertiary/aromatic N) is 2. The average molecular weight is 359 g/mol. The van der Waals surface area contributed by atoms with E-state index in [0.29, 0.717) is 25.4 Å². The fourth-order valence-corrected chi connectivity index (χ4v) is 4.17. The fraction of sp³-hybridized carbons (Fsp3) is 0.875. The number of hydrogen-bond donors (Lipinski definition) is 1. The summed E-state index contributed by atoms with van der Waals surface area (Å²) in [5.41, 5.74) is 0. The van der Waals surface area contributed by atoms with Gasteiger partial charge in [-0.25, -0.2) is 13.1 Å². The minimum absolute atomic E-state index is 0.0124. The number of unbranched alkanes of at least 4 members (excludes halogenated alkanes) is 1. The van der Waals surface area contributed by atoms with Crippen LogP contribution in [0, 0.1) is 5.92 Å². The summed E-state index contributed by atoms with van der Waals surface area (Å²) in [7, 11) is -3.26. The molecule has 0 unspecified atom stereocenters. The van der Waals surface area contributed by atoms with Crippen molar-refractivity contribution in [2.45, 2.75) is 51.5 Å². The lowest BCUT2D eigenvalue weighted by atomic mass is 9.83. The number of likely N-dealkylation sites (tertiary alicyclic amines) is 2. The van der Waals surface area contributed by atoms with Crippen molar-refractivity contribution in [3.63, 3.8) is 0 Å². The van der Waals surface area contributed by atoms with Gasteiger partial charge in [0.15, 0.2) is 0 Å². The molecule has 0 aromatic heterocycles. The van der Waals surface area contributed by atoms with E-state index in [1.807, 2.05) is 9.80 Å². The number of hydrogen-bond acceptors (Lipinski definition) is 4. The van der Waals surface area contributed by atoms with Crippen molar-refractivity contribution >= 4 is 21.8 Å². The summed E-state index contributed by atoms with van der Waals surface area (Å²) in [5, 5.41) is 0. The normalized spacial score (nSPS) is 24.8. The van der Waals surface area contributed by atoms with E-state index in [1.165, 1.54) is 0 Å². The van der Waals surface area contributed by atoms with Gasteiger partial charge in [-0.1, -0.05) is 13.3 Å². The van der Waals surface area contributed by atoms with E-state index in [9.17, 15) is 18.0 Å². The summed E-state index contributed by atoms with van der Waals surface area (Å²) < 4.78 is 24.5. The first kappa shape index (κ1) is 19.2. The summed E-state index contributed by atoms with van der Waals surface area (Å²) in [6.07, 6.45) is 5.61. The largest absolute Gasteiger partial charge is 0.342 e. The van der Waals surface area contributed by atoms with E-state index in [-0.39, 0.29) is 30.8 Å². The second kappa shape index (κ2) is 8.29. The highest BCUT2D eigenvalue weighted by molar-refractivity contribution is 7.88. The molecule has 0 bridgehead atoms. The number of rotatable bonds is 7. The molecule has 2 fully saturated rings. The zero-order valence-electron chi connectivity index (χ0n) is 14.7. The predicted octanol–water partition coefficient (Wildman–Crippen LogP) is 0.565. The third-order valence-corrected chi connectivity index (χ3v) is 5.68. The second-order valence-corrected chi connectivity index (χ2v) is 8.68. The molecular formula is C16H29N3O4S. The molecule has 0 aliphatic carbocycles. The molecule has 24 heavy (non-hydrogen) atoms. The van der Waals surface area contributed by atoms with Crippen LogP contribution in [-0.4, -0.2) is 68.5 Å². The highest BCUT2D eigenvalue weighted by Gasteiger charge is 2.39. The van der Waals surface area contributed by atoms with E-state index in [4.69, 9.17) is 0 Å². The van der Waals surface area contributed by atoms with Crippen molar-refractivity contribution in [2.24, 2.45) is 5.92 Å². The summed E-state index contributed by atoms with van der Waals surface area (Å²) in [6, 6.07) is 0.260. The van der Waals surface area contributed by atoms with Crippen LogP contribution in [0.2, 0.25) is 0 Å². The second-order valence-electron chi connectivity index (χ2n) is 6.85. The molecule has 2 aliphatic heterocycles. The van der Waals surface area contributed by atoms with Crippen molar-refractivity contribution in [2.75, 3.05) is 32.4 Å². The van der Waals surface area contributed by atoms with Crippen LogP contribution in [0.15, 0.2) is 0 Å². The van der Waals surface area contributed by atoms with Gasteiger partial charge in [-0.05, 0) is 25.2 Å². The first-order valence-corrected chi connectivity index (χ1v) is 10.7. The third-order valence-electron chi connectivity index (χ3n) is 4.95. The number of sulfonamides is 1. The van der Waals surface area contributed by atoms with Crippen LogP contribution in [0.3, 0.4) is 0 Å². The number of nitrogens with one attached hydrogen (secondary N) is 1. The summed E-state index contributed by atoms with van der Waals surface area (Å²) in [4.78, 5) is 28.3. The van der Waals surface area contributed by atoms with Crippen LogP contribution >= 0.6 is 0 Å². The summed E-state index contributed by atoms with van der Waals surface area (Å²) in [6.45, 7) is 4.41. The van der Waals surface area contributed by atoms with Gasteiger partial charge in [0, 0.05) is 45.1 Å². The van der Waals surface area contributed by atoms with E-state index < -0.39 is 10.0 Å². The molecule has 2 atom stereocenters. The maximum Gasteiger partial charge on any atom is 0.223 e. The highest BCUT2D eigenvalue weighted by atomic mass is 32.2. The topological polar surface area (TPSA) is 86.8 Å². The van der Waals surface area contributed by atoms with E-state index in [0.717, 1.165) is 38.5 Å². The highest BCUT2D eigenvalue weighted by Crippen LogP contribution is 2.31. The number of amides is 2. The number of carbonyl (C=O) groups excluding carboxylic acids is 2. The Bertz CT molecular complexity index is 564. The average Bonchev–Trinajstić information content (AvgIpc) is 2.52. The molecule has 1 N–H and O–H groups in total. The zero-order valence-corrected chi connectivity index (χ0v) is 15.5. The molecule has 2 rings (SSSR count). The Balaban J connectivity index is 1.87. The first-order chi connectivity index (χ1) is 11.3. The Hall–Kier alpha value is -1.15. The Morgan fingerprint density at radius 1 is 1.33 bits per heavy atom. The van der Waals surface area contributed by atoms with Crippen LogP contribution in [0.4, 0.5) is 0 Å². The molecule has 0 spiro atoms. The summed E-state index contributed by atoms with van der Waals surface area (Å²) in [5.74, 6) is 0.587. The number of carbonyl (C=O) groups is 2. The fourth-order valence-electron chi connectivity index (χ4n) is 3.70. The number of fused-ring (bicyclic) bond motifs is 1. The molecule has 8 heteroatoms. The molecule has 2 saturated heterocycles. The Morgan fingerprint density at radius 2 is 2.08 bits per heavy atom. The lowest BCUT2D eigenvalue weighted by Gasteiger charge is -2.47. The van der Waals surface area contributed by atoms with Crippen molar-refractivity contribution in [3.05, 3.63) is 0 Å². The van der Waals surface area contributed by atoms with Gasteiger partial charge < -0.3 is 9.80 Å². The van der Waals surface area contributed by atoms with Gasteiger partial charge in [-0.15, -0.1) is 0 Å². The lowest BCUT2D eigenvalue weighted by molar-refractivity contribution is -0.144. The molecule has 0 radical (unpaired) electrons. The Labute approximate surface area is 144 Å². The predicted molar refractivity (Wildman–Crippen MR) is 91.8 cm³/mol. The monoisotopic (exact) mass is 359 g/mol. The molecule has 7 nitrogen and oxygen atoms in total. The van der Waals surface area contributed by atoms with E-state index in [1.54, 1.807) is 0 Å². The molecule has 2 aliphatic rings. The maximum atomic E-state index is 12.3. The first-order valence-electron chi connectivity index (χ1n) is 8.83. The van der Waals surface area contributed by atoms with Crippen LogP contribution in [0.1, 0.15) is 45.4 Å². The molecule has 0 aromatic carbocycles. The molecule has 0 aromatic rings. The lowest BCUT2D eigenvalue weighted by Crippen LogP contribution is -2.57. The van der Waals surface area contributed by atoms with Crippen LogP contribution in [0.5, 0.6) is 0 Å². The molecule has 2 amide bonds. The zero-order chi connectivity index (χ0) is 17.7. The van der Waals surface area contributed by atoms with Crippen LogP contribution < -0.4 is 4.72 Å². The SMILES string of the molecule is CCCCN1C(=O)CC[C@@H]2CN(C(=O)CCNS(C)(=O)=O)CC[C@@H]21. The molecule has 2 heterocycles. The number of piperidine rings is 2. The van der Waals surface area contributed by atoms with Gasteiger partial charge in [0.05, 0.1) is 6.26 Å². The van der Waals surface area contributed by atoms with Crippen LogP contribution in [-0.2, 0) is 19.6 Å². The van der Waals surface area contributed by atoms with Gasteiger partial charge >= 0.3 is 0 Å². The Morgan fingerprint density at radius 3 is 2.75 bits per heavy atom. The standard InChI is InChI=1S/C16H29N3O4S/c1-3-4-10-19-14-8-11-18(12-13(14)5-6-16(19)21)15(20)7-9-17-24(2,22)23/h13-14,17H,3-12H2,1-2H3/t13-,14+/m1/s1. The molecular weight excluding hydrogens is 330 g/mol. The van der Waals surface area contributed by atoms with Gasteiger partial charge in [0.25, 0.3) is 0 Å². The van der Waals surface area contributed by atoms with Gasteiger partial charge in [-0.3, -0.25) is 9.59 Å². The van der Waals surface area contributed by atoms with Gasteiger partial charge in [0.2, 0.25) is 21.8 Å². The third kappa shape index (κ3) is 5.17. The van der Waals surface area contributed by atoms with Crippen molar-refractivity contribution in [3.8, 4) is 0 Å². The molecule has 0 saturated carbocycles. The van der Waals surface area contributed by atoms with Crippen LogP contribution in [0.25, 0.3) is 0 Å². The van der Waals surface area contributed by atoms with Crippen molar-refractivity contribution in [1.82, 2.24) is 14.5 Å². The van der Waals surface area contributed by atoms with E-state index in [2.05, 4.69) is 11.6 Å². The van der Waals surface area contributed by atoms with E-state index >= 15 is 0 Å². The van der Waals surface area contributed by atoms with Crippen molar-refractivity contribution < 1.29 is 18.0 Å². The smallest absolute Gasteiger partial charge is 0.223 e. The van der Waals surface area contributed by atoms with Crippen molar-refractivity contribution in [1.29, 1.82) is 0 Å².